The summed E-state index contributed by atoms with van der Waals surface area (Å²) < 4.78 is 30.6. The van der Waals surface area contributed by atoms with Gasteiger partial charge in [-0.3, -0.25) is 4.98 Å². The molecule has 5 aromatic rings. The predicted octanol–water partition coefficient (Wildman–Crippen LogP) is 6.35. The van der Waals surface area contributed by atoms with Crippen LogP contribution in [0, 0.1) is 0 Å². The van der Waals surface area contributed by atoms with Crippen LogP contribution in [0.5, 0.6) is 11.5 Å². The number of halogens is 2. The summed E-state index contributed by atoms with van der Waals surface area (Å²) in [5, 5.41) is 15.9. The molecule has 0 saturated carbocycles. The molecule has 2 N–H and O–H groups in total. The Kier molecular flexibility index (Phi) is 5.28. The summed E-state index contributed by atoms with van der Waals surface area (Å²) in [7, 11) is 0. The molecule has 2 aromatic heterocycles. The number of ether oxygens (including phenoxy) is 1. The molecule has 0 aliphatic carbocycles. The third kappa shape index (κ3) is 3.92. The van der Waals surface area contributed by atoms with Crippen LogP contribution < -0.4 is 10.1 Å². The molecule has 0 aliphatic rings. The van der Waals surface area contributed by atoms with E-state index in [4.69, 9.17) is 0 Å². The van der Waals surface area contributed by atoms with Crippen molar-refractivity contribution in [2.75, 3.05) is 5.32 Å². The Balaban J connectivity index is 1.59. The topological polar surface area (TPSA) is 67.3 Å². The summed E-state index contributed by atoms with van der Waals surface area (Å²) in [6.07, 6.45) is 1.62. The van der Waals surface area contributed by atoms with Crippen LogP contribution in [0.3, 0.4) is 0 Å². The molecule has 0 bridgehead atoms. The molecule has 0 saturated heterocycles. The number of nitrogens with one attached hydrogen (secondary N) is 1. The highest BCUT2D eigenvalue weighted by molar-refractivity contribution is 7.22. The molecule has 0 amide bonds. The van der Waals surface area contributed by atoms with Crippen molar-refractivity contribution in [3.8, 4) is 11.5 Å². The van der Waals surface area contributed by atoms with Crippen LogP contribution in [0.1, 0.15) is 17.2 Å². The van der Waals surface area contributed by atoms with E-state index in [2.05, 4.69) is 20.0 Å². The van der Waals surface area contributed by atoms with E-state index in [0.717, 1.165) is 21.2 Å². The molecule has 5 nitrogen and oxygen atoms in total. The number of hydrogen-bond acceptors (Lipinski definition) is 6. The number of nitrogens with zero attached hydrogens (tertiary/aromatic N) is 2. The number of pyridine rings is 1. The van der Waals surface area contributed by atoms with Gasteiger partial charge in [-0.2, -0.15) is 8.78 Å². The maximum Gasteiger partial charge on any atom is 0.387 e. The fourth-order valence-electron chi connectivity index (χ4n) is 3.62. The molecule has 160 valence electrons. The standard InChI is InChI=1S/C24H17F2N3O2S/c25-23(26)31-16-10-7-15(8-11-16)20(29-24-28-18-5-1-2-6-19(18)32-24)17-12-9-14-4-3-13-27-21(14)22(17)30/h1-13,20,23,30H,(H,28,29). The Bertz CT molecular complexity index is 1360. The Morgan fingerprint density at radius 3 is 2.53 bits per heavy atom. The maximum absolute atomic E-state index is 12.6. The Labute approximate surface area is 186 Å². The third-order valence-corrected chi connectivity index (χ3v) is 6.06. The van der Waals surface area contributed by atoms with Crippen molar-refractivity contribution in [1.29, 1.82) is 0 Å². The van der Waals surface area contributed by atoms with Crippen LogP contribution >= 0.6 is 11.3 Å². The largest absolute Gasteiger partial charge is 0.505 e. The summed E-state index contributed by atoms with van der Waals surface area (Å²) >= 11 is 1.49. The van der Waals surface area contributed by atoms with Crippen LogP contribution in [-0.4, -0.2) is 21.7 Å². The third-order valence-electron chi connectivity index (χ3n) is 5.09. The van der Waals surface area contributed by atoms with Crippen molar-refractivity contribution in [1.82, 2.24) is 9.97 Å². The lowest BCUT2D eigenvalue weighted by molar-refractivity contribution is -0.0498. The number of anilines is 1. The van der Waals surface area contributed by atoms with E-state index in [0.29, 0.717) is 16.2 Å². The number of thiazole rings is 1. The lowest BCUT2D eigenvalue weighted by Crippen LogP contribution is -2.13. The molecule has 0 radical (unpaired) electrons. The van der Waals surface area contributed by atoms with Crippen molar-refractivity contribution in [2.24, 2.45) is 0 Å². The number of aromatic hydroxyl groups is 1. The first-order chi connectivity index (χ1) is 15.6. The van der Waals surface area contributed by atoms with Gasteiger partial charge in [0.15, 0.2) is 5.13 Å². The maximum atomic E-state index is 12.6. The highest BCUT2D eigenvalue weighted by Gasteiger charge is 2.21. The summed E-state index contributed by atoms with van der Waals surface area (Å²) in [5.74, 6) is 0.113. The molecule has 5 rings (SSSR count). The molecule has 0 spiro atoms. The van der Waals surface area contributed by atoms with E-state index in [9.17, 15) is 13.9 Å². The molecule has 8 heteroatoms. The second kappa shape index (κ2) is 8.39. The first-order valence-electron chi connectivity index (χ1n) is 9.82. The number of phenolic OH excluding ortho intramolecular Hbond substituents is 1. The first kappa shape index (κ1) is 20.1. The van der Waals surface area contributed by atoms with Gasteiger partial charge in [-0.05, 0) is 35.9 Å². The number of fused-ring (bicyclic) bond motifs is 2. The summed E-state index contributed by atoms with van der Waals surface area (Å²) in [5.41, 5.74) is 2.69. The van der Waals surface area contributed by atoms with Gasteiger partial charge in [0.05, 0.1) is 16.3 Å². The number of aromatic nitrogens is 2. The molecule has 0 fully saturated rings. The number of phenols is 1. The highest BCUT2D eigenvalue weighted by atomic mass is 32.1. The molecule has 32 heavy (non-hydrogen) atoms. The minimum absolute atomic E-state index is 0.0506. The van der Waals surface area contributed by atoms with E-state index in [1.807, 2.05) is 42.5 Å². The zero-order valence-electron chi connectivity index (χ0n) is 16.6. The van der Waals surface area contributed by atoms with Crippen molar-refractivity contribution < 1.29 is 18.6 Å². The van der Waals surface area contributed by atoms with Gasteiger partial charge in [0.2, 0.25) is 0 Å². The van der Waals surface area contributed by atoms with Gasteiger partial charge in [0, 0.05) is 17.1 Å². The monoisotopic (exact) mass is 449 g/mol. The van der Waals surface area contributed by atoms with Crippen LogP contribution in [0.25, 0.3) is 21.1 Å². The molecule has 0 aliphatic heterocycles. The summed E-state index contributed by atoms with van der Waals surface area (Å²) in [4.78, 5) is 8.95. The number of alkyl halides is 2. The van der Waals surface area contributed by atoms with Gasteiger partial charge in [-0.15, -0.1) is 0 Å². The van der Waals surface area contributed by atoms with E-state index in [-0.39, 0.29) is 11.5 Å². The van der Waals surface area contributed by atoms with Crippen LogP contribution in [0.4, 0.5) is 13.9 Å². The Morgan fingerprint density at radius 2 is 1.75 bits per heavy atom. The normalized spacial score (nSPS) is 12.3. The fourth-order valence-corrected chi connectivity index (χ4v) is 4.51. The second-order valence-electron chi connectivity index (χ2n) is 7.09. The SMILES string of the molecule is Oc1c(C(Nc2nc3ccccc3s2)c2ccc(OC(F)F)cc2)ccc2cccnc12. The minimum atomic E-state index is -2.90. The number of hydrogen-bond donors (Lipinski definition) is 2. The predicted molar refractivity (Wildman–Crippen MR) is 122 cm³/mol. The van der Waals surface area contributed by atoms with Gasteiger partial charge in [-0.25, -0.2) is 4.98 Å². The average molecular weight is 449 g/mol. The second-order valence-corrected chi connectivity index (χ2v) is 8.12. The Morgan fingerprint density at radius 1 is 0.938 bits per heavy atom. The summed E-state index contributed by atoms with van der Waals surface area (Å²) in [6.45, 7) is -2.90. The molecule has 2 heterocycles. The minimum Gasteiger partial charge on any atom is -0.505 e. The molecule has 1 atom stereocenters. The zero-order chi connectivity index (χ0) is 22.1. The van der Waals surface area contributed by atoms with E-state index >= 15 is 0 Å². The van der Waals surface area contributed by atoms with Crippen molar-refractivity contribution in [3.05, 3.63) is 90.1 Å². The average Bonchev–Trinajstić information content (AvgIpc) is 3.21. The van der Waals surface area contributed by atoms with Crippen molar-refractivity contribution in [2.45, 2.75) is 12.7 Å². The van der Waals surface area contributed by atoms with Gasteiger partial charge in [0.1, 0.15) is 17.0 Å². The Hall–Kier alpha value is -3.78. The lowest BCUT2D eigenvalue weighted by Gasteiger charge is -2.21. The van der Waals surface area contributed by atoms with Gasteiger partial charge in [0.25, 0.3) is 0 Å². The van der Waals surface area contributed by atoms with E-state index in [1.54, 1.807) is 24.4 Å². The highest BCUT2D eigenvalue weighted by Crippen LogP contribution is 2.38. The molecule has 3 aromatic carbocycles. The number of benzene rings is 3. The fraction of sp³-hybridized carbons (Fsp3) is 0.0833. The van der Waals surface area contributed by atoms with Crippen LogP contribution in [-0.2, 0) is 0 Å². The van der Waals surface area contributed by atoms with E-state index in [1.165, 1.54) is 23.5 Å². The number of rotatable bonds is 6. The quantitative estimate of drug-likeness (QED) is 0.316. The zero-order valence-corrected chi connectivity index (χ0v) is 17.4. The lowest BCUT2D eigenvalue weighted by atomic mass is 9.96. The smallest absolute Gasteiger partial charge is 0.387 e. The molecular formula is C24H17F2N3O2S. The van der Waals surface area contributed by atoms with Crippen molar-refractivity contribution >= 4 is 37.6 Å². The van der Waals surface area contributed by atoms with Crippen LogP contribution in [0.15, 0.2) is 79.0 Å². The van der Waals surface area contributed by atoms with Crippen molar-refractivity contribution in [3.63, 3.8) is 0 Å². The van der Waals surface area contributed by atoms with Gasteiger partial charge in [-0.1, -0.05) is 53.8 Å². The number of para-hydroxylation sites is 1. The molecule has 1 unspecified atom stereocenters. The van der Waals surface area contributed by atoms with Gasteiger partial charge < -0.3 is 15.2 Å². The van der Waals surface area contributed by atoms with Gasteiger partial charge >= 0.3 is 6.61 Å². The van der Waals surface area contributed by atoms with Crippen LogP contribution in [0.2, 0.25) is 0 Å². The summed E-state index contributed by atoms with van der Waals surface area (Å²) in [6, 6.07) is 21.0. The van der Waals surface area contributed by atoms with E-state index < -0.39 is 12.7 Å². The molecular weight excluding hydrogens is 432 g/mol. The first-order valence-corrected chi connectivity index (χ1v) is 10.6.